The summed E-state index contributed by atoms with van der Waals surface area (Å²) in [6.07, 6.45) is 1.80. The summed E-state index contributed by atoms with van der Waals surface area (Å²) in [5.74, 6) is 0. The fourth-order valence-corrected chi connectivity index (χ4v) is 1.46. The number of hydrogen-bond donors (Lipinski definition) is 0. The van der Waals surface area contributed by atoms with Crippen LogP contribution in [0.3, 0.4) is 0 Å². The van der Waals surface area contributed by atoms with Crippen molar-refractivity contribution < 1.29 is 87.8 Å². The number of phosphoric ester groups is 1. The second-order valence-electron chi connectivity index (χ2n) is 2.75. The van der Waals surface area contributed by atoms with E-state index in [2.05, 4.69) is 14.3 Å². The molecule has 0 aromatic rings. The quantitative estimate of drug-likeness (QED) is 0.277. The van der Waals surface area contributed by atoms with Crippen LogP contribution in [0, 0.1) is 0 Å². The first-order valence-corrected chi connectivity index (χ1v) is 5.53. The second-order valence-corrected chi connectivity index (χ2v) is 3.85. The minimum absolute atomic E-state index is 0. The van der Waals surface area contributed by atoms with Crippen molar-refractivity contribution in [3.8, 4) is 0 Å². The molecule has 0 amide bonds. The summed E-state index contributed by atoms with van der Waals surface area (Å²) in [4.78, 5) is 29.6. The van der Waals surface area contributed by atoms with Gasteiger partial charge in [-0.05, 0) is 12.8 Å². The molecule has 0 bridgehead atoms. The van der Waals surface area contributed by atoms with Crippen molar-refractivity contribution >= 4 is 7.82 Å². The maximum Gasteiger partial charge on any atom is 1.00 e. The first-order valence-electron chi connectivity index (χ1n) is 4.07. The van der Waals surface area contributed by atoms with E-state index in [0.717, 1.165) is 19.3 Å². The topological polar surface area (TPSA) is 90.9 Å². The number of rotatable bonds is 2. The van der Waals surface area contributed by atoms with Gasteiger partial charge in [-0.3, -0.25) is 0 Å². The Morgan fingerprint density at radius 3 is 2.47 bits per heavy atom. The number of hydrogen-bond acceptors (Lipinski definition) is 6. The maximum absolute atomic E-state index is 10.2. The van der Waals surface area contributed by atoms with Gasteiger partial charge >= 0.3 is 59.1 Å². The predicted molar refractivity (Wildman–Crippen MR) is 38.0 cm³/mol. The smallest absolute Gasteiger partial charge is 0.790 e. The molecule has 0 aromatic heterocycles. The molecule has 1 fully saturated rings. The van der Waals surface area contributed by atoms with Crippen LogP contribution in [0.1, 0.15) is 25.7 Å². The summed E-state index contributed by atoms with van der Waals surface area (Å²) >= 11 is 0. The Hall–Kier alpha value is 2.03. The molecular formula is C6H11Na2O6P. The van der Waals surface area contributed by atoms with Gasteiger partial charge in [0.15, 0.2) is 6.29 Å². The first-order chi connectivity index (χ1) is 6.08. The second kappa shape index (κ2) is 10.00. The molecule has 0 radical (unpaired) electrons. The predicted octanol–water partition coefficient (Wildman–Crippen LogP) is -6.31. The van der Waals surface area contributed by atoms with Crippen LogP contribution in [-0.4, -0.2) is 12.9 Å². The summed E-state index contributed by atoms with van der Waals surface area (Å²) in [5.41, 5.74) is 0. The normalized spacial score (nSPS) is 22.9. The van der Waals surface area contributed by atoms with Gasteiger partial charge < -0.3 is 18.9 Å². The molecule has 1 rings (SSSR count). The van der Waals surface area contributed by atoms with E-state index in [-0.39, 0.29) is 59.1 Å². The van der Waals surface area contributed by atoms with Crippen LogP contribution in [0.15, 0.2) is 0 Å². The van der Waals surface area contributed by atoms with Crippen LogP contribution in [-0.2, 0) is 18.9 Å². The Morgan fingerprint density at radius 1 is 1.20 bits per heavy atom. The van der Waals surface area contributed by atoms with Crippen LogP contribution in [0.2, 0.25) is 0 Å². The van der Waals surface area contributed by atoms with E-state index in [9.17, 15) is 14.4 Å². The van der Waals surface area contributed by atoms with E-state index >= 15 is 0 Å². The fraction of sp³-hybridized carbons (Fsp3) is 1.00. The van der Waals surface area contributed by atoms with Crippen molar-refractivity contribution in [3.05, 3.63) is 0 Å². The van der Waals surface area contributed by atoms with Gasteiger partial charge in [0.1, 0.15) is 0 Å². The largest absolute Gasteiger partial charge is 1.00 e. The van der Waals surface area contributed by atoms with Crippen molar-refractivity contribution in [3.63, 3.8) is 0 Å². The Balaban J connectivity index is 0. The van der Waals surface area contributed by atoms with E-state index in [0.29, 0.717) is 13.0 Å². The Morgan fingerprint density at radius 2 is 1.87 bits per heavy atom. The van der Waals surface area contributed by atoms with Crippen LogP contribution in [0.25, 0.3) is 0 Å². The Bertz CT molecular complexity index is 190. The zero-order valence-electron chi connectivity index (χ0n) is 9.01. The third kappa shape index (κ3) is 10.9. The first kappa shape index (κ1) is 19.4. The third-order valence-electron chi connectivity index (χ3n) is 1.59. The molecule has 1 atom stereocenters. The molecule has 0 saturated carbocycles. The van der Waals surface area contributed by atoms with Crippen molar-refractivity contribution in [2.75, 3.05) is 6.61 Å². The molecule has 0 spiro atoms. The molecule has 0 aromatic carbocycles. The van der Waals surface area contributed by atoms with Crippen LogP contribution >= 0.6 is 7.82 Å². The molecule has 6 nitrogen and oxygen atoms in total. The molecule has 1 unspecified atom stereocenters. The molecular weight excluding hydrogens is 245 g/mol. The van der Waals surface area contributed by atoms with Gasteiger partial charge in [0.05, 0.1) is 14.4 Å². The van der Waals surface area contributed by atoms with Gasteiger partial charge in [0.2, 0.25) is 0 Å². The van der Waals surface area contributed by atoms with Gasteiger partial charge in [-0.1, -0.05) is 6.42 Å². The van der Waals surface area contributed by atoms with E-state index in [1.165, 1.54) is 0 Å². The Kier molecular flexibility index (Phi) is 12.9. The average Bonchev–Trinajstić information content (AvgIpc) is 1.92. The van der Waals surface area contributed by atoms with Gasteiger partial charge in [-0.15, -0.1) is 0 Å². The monoisotopic (exact) mass is 256 g/mol. The van der Waals surface area contributed by atoms with Crippen LogP contribution in [0.5, 0.6) is 0 Å². The summed E-state index contributed by atoms with van der Waals surface area (Å²) in [5, 5.41) is 0. The molecule has 0 N–H and O–H groups in total. The van der Waals surface area contributed by atoms with Crippen molar-refractivity contribution in [1.29, 1.82) is 0 Å². The van der Waals surface area contributed by atoms with Crippen molar-refractivity contribution in [1.82, 2.24) is 0 Å². The standard InChI is InChI=1S/C6H13O6P.2Na/c7-13(8,9)12-6-4-2-1-3-5-10-11-6;;/h6H,1-5H2,(H2,7,8,9);;/q;2*+1/p-2. The van der Waals surface area contributed by atoms with Gasteiger partial charge in [0.25, 0.3) is 0 Å². The molecule has 1 aliphatic rings. The SMILES string of the molecule is O=P([O-])([O-])OC1CCCCCOO1.[Na+].[Na+]. The van der Waals surface area contributed by atoms with E-state index in [1.54, 1.807) is 0 Å². The molecule has 1 saturated heterocycles. The van der Waals surface area contributed by atoms with Gasteiger partial charge in [-0.2, -0.15) is 0 Å². The van der Waals surface area contributed by atoms with Gasteiger partial charge in [0, 0.05) is 6.42 Å². The summed E-state index contributed by atoms with van der Waals surface area (Å²) in [6, 6.07) is 0. The zero-order chi connectivity index (χ0) is 9.73. The summed E-state index contributed by atoms with van der Waals surface area (Å²) in [7, 11) is -4.97. The zero-order valence-corrected chi connectivity index (χ0v) is 13.9. The fourth-order valence-electron chi connectivity index (χ4n) is 1.04. The summed E-state index contributed by atoms with van der Waals surface area (Å²) in [6.45, 7) is 0.391. The van der Waals surface area contributed by atoms with E-state index in [1.807, 2.05) is 0 Å². The van der Waals surface area contributed by atoms with E-state index in [4.69, 9.17) is 0 Å². The maximum atomic E-state index is 10.2. The third-order valence-corrected chi connectivity index (χ3v) is 2.08. The van der Waals surface area contributed by atoms with E-state index < -0.39 is 14.1 Å². The molecule has 78 valence electrons. The van der Waals surface area contributed by atoms with Crippen molar-refractivity contribution in [2.45, 2.75) is 32.0 Å². The van der Waals surface area contributed by atoms with Crippen LogP contribution in [0.4, 0.5) is 0 Å². The van der Waals surface area contributed by atoms with Crippen molar-refractivity contribution in [2.24, 2.45) is 0 Å². The minimum atomic E-state index is -4.97. The van der Waals surface area contributed by atoms with Gasteiger partial charge in [-0.25, -0.2) is 9.78 Å². The number of phosphoric acid groups is 1. The average molecular weight is 256 g/mol. The molecule has 9 heteroatoms. The summed E-state index contributed by atoms with van der Waals surface area (Å²) < 4.78 is 14.3. The Labute approximate surface area is 133 Å². The molecule has 1 aliphatic heterocycles. The molecule has 1 heterocycles. The molecule has 0 aliphatic carbocycles. The molecule has 15 heavy (non-hydrogen) atoms. The minimum Gasteiger partial charge on any atom is -0.790 e. The van der Waals surface area contributed by atoms with Crippen LogP contribution < -0.4 is 68.9 Å².